The molecule has 0 aromatic carbocycles. The third kappa shape index (κ3) is 16.9. The molecule has 20 heavy (non-hydrogen) atoms. The van der Waals surface area contributed by atoms with Crippen LogP contribution in [0, 0.1) is 0 Å². The average Bonchev–Trinajstić information content (AvgIpc) is 2.45. The Morgan fingerprint density at radius 1 is 0.900 bits per heavy atom. The number of hydrogen-bond donors (Lipinski definition) is 0. The van der Waals surface area contributed by atoms with E-state index in [9.17, 15) is 4.79 Å². The maximum absolute atomic E-state index is 10.8. The first-order valence-corrected chi connectivity index (χ1v) is 7.98. The highest BCUT2D eigenvalue weighted by Gasteiger charge is 1.93. The SMILES string of the molecule is [2H]C([2H])(/C=C\C/C=C\CC)/C=C\CCCCCCCC(C)=O. The lowest BCUT2D eigenvalue weighted by Gasteiger charge is -1.98. The third-order valence-corrected chi connectivity index (χ3v) is 3.00. The van der Waals surface area contributed by atoms with Crippen molar-refractivity contribution in [3.63, 3.8) is 0 Å². The largest absolute Gasteiger partial charge is 0.300 e. The number of carbonyl (C=O) groups excluding carboxylic acids is 1. The quantitative estimate of drug-likeness (QED) is 0.291. The summed E-state index contributed by atoms with van der Waals surface area (Å²) in [4.78, 5) is 10.8. The van der Waals surface area contributed by atoms with Crippen molar-refractivity contribution in [1.82, 2.24) is 0 Å². The molecule has 0 spiro atoms. The second-order valence-electron chi connectivity index (χ2n) is 5.10. The van der Waals surface area contributed by atoms with Crippen molar-refractivity contribution in [3.8, 4) is 0 Å². The Kier molecular flexibility index (Phi) is 12.2. The van der Waals surface area contributed by atoms with Gasteiger partial charge in [-0.15, -0.1) is 0 Å². The topological polar surface area (TPSA) is 17.1 Å². The fourth-order valence-electron chi connectivity index (χ4n) is 1.85. The number of hydrogen-bond acceptors (Lipinski definition) is 1. The van der Waals surface area contributed by atoms with Crippen LogP contribution in [0.5, 0.6) is 0 Å². The number of ketones is 1. The van der Waals surface area contributed by atoms with Gasteiger partial charge in [0.05, 0.1) is 0 Å². The summed E-state index contributed by atoms with van der Waals surface area (Å²) in [6.07, 6.45) is 18.9. The molecule has 0 aliphatic rings. The highest BCUT2D eigenvalue weighted by molar-refractivity contribution is 5.75. The van der Waals surface area contributed by atoms with E-state index in [1.54, 1.807) is 19.1 Å². The zero-order valence-corrected chi connectivity index (χ0v) is 13.2. The molecular weight excluding hydrogens is 244 g/mol. The molecule has 0 aromatic rings. The Balaban J connectivity index is 3.68. The minimum Gasteiger partial charge on any atom is -0.300 e. The first-order chi connectivity index (χ1) is 10.5. The van der Waals surface area contributed by atoms with Crippen molar-refractivity contribution < 1.29 is 7.54 Å². The molecule has 0 N–H and O–H groups in total. The molecule has 1 nitrogen and oxygen atoms in total. The molecule has 0 rings (SSSR count). The van der Waals surface area contributed by atoms with Crippen molar-refractivity contribution in [2.24, 2.45) is 0 Å². The van der Waals surface area contributed by atoms with Gasteiger partial charge in [-0.05, 0) is 45.4 Å². The van der Waals surface area contributed by atoms with Crippen LogP contribution in [0.15, 0.2) is 36.5 Å². The maximum atomic E-state index is 10.8. The molecule has 0 heterocycles. The van der Waals surface area contributed by atoms with E-state index in [4.69, 9.17) is 2.74 Å². The summed E-state index contributed by atoms with van der Waals surface area (Å²) >= 11 is 0. The van der Waals surface area contributed by atoms with Gasteiger partial charge >= 0.3 is 0 Å². The van der Waals surface area contributed by atoms with E-state index >= 15 is 0 Å². The highest BCUT2D eigenvalue weighted by Crippen LogP contribution is 2.08. The standard InChI is InChI=1S/C19H32O/c1-3-4-5-6-7-8-9-10-11-12-13-14-15-16-17-18-19(2)20/h4-5,7-8,10-11H,3,6,9,12-18H2,1-2H3/b5-4-,8-7-,11-10-/i9D2. The monoisotopic (exact) mass is 278 g/mol. The Hall–Kier alpha value is -1.11. The summed E-state index contributed by atoms with van der Waals surface area (Å²) < 4.78 is 15.7. The molecular formula is C19H32O. The van der Waals surface area contributed by atoms with Crippen LogP contribution in [0.2, 0.25) is 0 Å². The van der Waals surface area contributed by atoms with E-state index in [-0.39, 0.29) is 5.78 Å². The number of rotatable bonds is 13. The lowest BCUT2D eigenvalue weighted by atomic mass is 10.1. The van der Waals surface area contributed by atoms with E-state index in [0.717, 1.165) is 51.4 Å². The fraction of sp³-hybridized carbons (Fsp3) is 0.632. The second kappa shape index (κ2) is 15.9. The van der Waals surface area contributed by atoms with E-state index < -0.39 is 6.37 Å². The van der Waals surface area contributed by atoms with Gasteiger partial charge in [-0.3, -0.25) is 0 Å². The molecule has 114 valence electrons. The number of Topliss-reactive ketones (excluding diaryl/α,β-unsaturated/α-hetero) is 1. The normalized spacial score (nSPS) is 14.3. The van der Waals surface area contributed by atoms with Crippen LogP contribution in [0.1, 0.15) is 80.7 Å². The van der Waals surface area contributed by atoms with Gasteiger partial charge in [-0.2, -0.15) is 0 Å². The van der Waals surface area contributed by atoms with Gasteiger partial charge in [0.15, 0.2) is 0 Å². The van der Waals surface area contributed by atoms with Gasteiger partial charge in [-0.1, -0.05) is 62.6 Å². The van der Waals surface area contributed by atoms with Gasteiger partial charge in [0.2, 0.25) is 0 Å². The summed E-state index contributed by atoms with van der Waals surface area (Å²) in [6.45, 7) is 3.73. The Bertz CT molecular complexity index is 368. The van der Waals surface area contributed by atoms with Crippen LogP contribution in [-0.4, -0.2) is 5.78 Å². The van der Waals surface area contributed by atoms with Crippen molar-refractivity contribution in [1.29, 1.82) is 0 Å². The van der Waals surface area contributed by atoms with Gasteiger partial charge in [-0.25, -0.2) is 0 Å². The predicted octanol–water partition coefficient (Wildman–Crippen LogP) is 6.16. The summed E-state index contributed by atoms with van der Waals surface area (Å²) in [5.74, 6) is 0.281. The molecule has 0 aliphatic carbocycles. The van der Waals surface area contributed by atoms with Gasteiger partial charge in [0.25, 0.3) is 0 Å². The Morgan fingerprint density at radius 2 is 1.55 bits per heavy atom. The molecule has 0 saturated heterocycles. The van der Waals surface area contributed by atoms with Crippen molar-refractivity contribution in [2.45, 2.75) is 78.0 Å². The van der Waals surface area contributed by atoms with Gasteiger partial charge in [0.1, 0.15) is 5.78 Å². The fourth-order valence-corrected chi connectivity index (χ4v) is 1.85. The zero-order valence-electron chi connectivity index (χ0n) is 15.2. The second-order valence-corrected chi connectivity index (χ2v) is 5.10. The van der Waals surface area contributed by atoms with Crippen LogP contribution >= 0.6 is 0 Å². The average molecular weight is 278 g/mol. The molecule has 0 aromatic heterocycles. The third-order valence-electron chi connectivity index (χ3n) is 3.00. The summed E-state index contributed by atoms with van der Waals surface area (Å²) in [5.41, 5.74) is 0. The zero-order chi connectivity index (χ0) is 16.7. The van der Waals surface area contributed by atoms with Gasteiger partial charge in [0, 0.05) is 9.16 Å². The van der Waals surface area contributed by atoms with E-state index in [2.05, 4.69) is 19.1 Å². The smallest absolute Gasteiger partial charge is 0.129 e. The molecule has 0 fully saturated rings. The molecule has 0 aliphatic heterocycles. The van der Waals surface area contributed by atoms with Crippen LogP contribution in [-0.2, 0) is 4.79 Å². The van der Waals surface area contributed by atoms with Crippen molar-refractivity contribution in [3.05, 3.63) is 36.5 Å². The predicted molar refractivity (Wildman–Crippen MR) is 89.9 cm³/mol. The number of allylic oxidation sites excluding steroid dienone is 6. The minimum atomic E-state index is -1.35. The lowest BCUT2D eigenvalue weighted by Crippen LogP contribution is -1.89. The maximum Gasteiger partial charge on any atom is 0.129 e. The van der Waals surface area contributed by atoms with E-state index in [1.165, 1.54) is 0 Å². The molecule has 0 bridgehead atoms. The molecule has 0 unspecified atom stereocenters. The van der Waals surface area contributed by atoms with Crippen molar-refractivity contribution in [2.75, 3.05) is 0 Å². The lowest BCUT2D eigenvalue weighted by molar-refractivity contribution is -0.117. The first-order valence-electron chi connectivity index (χ1n) is 8.98. The van der Waals surface area contributed by atoms with Crippen LogP contribution < -0.4 is 0 Å². The van der Waals surface area contributed by atoms with Crippen molar-refractivity contribution >= 4 is 5.78 Å². The summed E-state index contributed by atoms with van der Waals surface area (Å²) in [5, 5.41) is 0. The summed E-state index contributed by atoms with van der Waals surface area (Å²) in [7, 11) is 0. The number of carbonyl (C=O) groups is 1. The molecule has 0 amide bonds. The summed E-state index contributed by atoms with van der Waals surface area (Å²) in [6, 6.07) is 0. The van der Waals surface area contributed by atoms with Crippen LogP contribution in [0.3, 0.4) is 0 Å². The first kappa shape index (κ1) is 15.3. The molecule has 1 heteroatoms. The van der Waals surface area contributed by atoms with Crippen LogP contribution in [0.4, 0.5) is 0 Å². The Morgan fingerprint density at radius 3 is 2.30 bits per heavy atom. The molecule has 0 radical (unpaired) electrons. The number of unbranched alkanes of at least 4 members (excludes halogenated alkanes) is 5. The van der Waals surface area contributed by atoms with E-state index in [1.807, 2.05) is 12.2 Å². The molecule has 0 atom stereocenters. The van der Waals surface area contributed by atoms with E-state index in [0.29, 0.717) is 6.42 Å². The van der Waals surface area contributed by atoms with Gasteiger partial charge < -0.3 is 4.79 Å². The Labute approximate surface area is 128 Å². The van der Waals surface area contributed by atoms with Crippen LogP contribution in [0.25, 0.3) is 0 Å². The minimum absolute atomic E-state index is 0.281. The molecule has 0 saturated carbocycles. The highest BCUT2D eigenvalue weighted by atomic mass is 16.1.